The van der Waals surface area contributed by atoms with Crippen molar-refractivity contribution in [2.45, 2.75) is 37.3 Å². The Bertz CT molecular complexity index is 469. The lowest BCUT2D eigenvalue weighted by molar-refractivity contribution is -0.156. The van der Waals surface area contributed by atoms with Crippen LogP contribution in [0.15, 0.2) is 10.6 Å². The second kappa shape index (κ2) is 4.50. The van der Waals surface area contributed by atoms with Gasteiger partial charge in [-0.3, -0.25) is 9.69 Å². The smallest absolute Gasteiger partial charge is 0.353 e. The fourth-order valence-electron chi connectivity index (χ4n) is 2.82. The number of carbonyl (C=O) groups excluding carboxylic acids is 1. The fraction of sp³-hybridized carbons (Fsp3) is 0.667. The van der Waals surface area contributed by atoms with E-state index >= 15 is 0 Å². The van der Waals surface area contributed by atoms with Gasteiger partial charge in [-0.1, -0.05) is 11.8 Å². The summed E-state index contributed by atoms with van der Waals surface area (Å²) >= 11 is 1.35. The van der Waals surface area contributed by atoms with Crippen LogP contribution in [0.3, 0.4) is 0 Å². The molecule has 3 rings (SSSR count). The summed E-state index contributed by atoms with van der Waals surface area (Å²) in [6, 6.07) is 0. The van der Waals surface area contributed by atoms with Gasteiger partial charge in [-0.05, 0) is 19.8 Å². The van der Waals surface area contributed by atoms with Crippen LogP contribution in [0, 0.1) is 5.92 Å². The van der Waals surface area contributed by atoms with E-state index in [1.54, 1.807) is 6.92 Å². The number of aliphatic hydroxyl groups is 1. The zero-order valence-corrected chi connectivity index (χ0v) is 11.2. The summed E-state index contributed by atoms with van der Waals surface area (Å²) in [5.74, 6) is -1.92. The molecule has 0 bridgehead atoms. The third-order valence-corrected chi connectivity index (χ3v) is 5.21. The van der Waals surface area contributed by atoms with Gasteiger partial charge in [0, 0.05) is 11.5 Å². The molecule has 0 aromatic heterocycles. The molecule has 19 heavy (non-hydrogen) atoms. The van der Waals surface area contributed by atoms with Crippen molar-refractivity contribution in [2.24, 2.45) is 5.92 Å². The van der Waals surface area contributed by atoms with E-state index in [0.717, 1.165) is 12.8 Å². The minimum Gasteiger partial charge on any atom is -0.477 e. The number of hydrogen-bond donors (Lipinski definition) is 2. The molecule has 0 spiro atoms. The van der Waals surface area contributed by atoms with Crippen molar-refractivity contribution in [3.8, 4) is 0 Å². The van der Waals surface area contributed by atoms with Crippen molar-refractivity contribution in [1.82, 2.24) is 4.90 Å². The molecule has 2 saturated heterocycles. The quantitative estimate of drug-likeness (QED) is 0.729. The van der Waals surface area contributed by atoms with Crippen LogP contribution in [0.1, 0.15) is 19.8 Å². The summed E-state index contributed by atoms with van der Waals surface area (Å²) in [5.41, 5.74) is 0.0452. The zero-order valence-electron chi connectivity index (χ0n) is 10.4. The highest BCUT2D eigenvalue weighted by molar-refractivity contribution is 8.04. The van der Waals surface area contributed by atoms with Crippen molar-refractivity contribution in [1.29, 1.82) is 0 Å². The topological polar surface area (TPSA) is 87.1 Å². The Hall–Kier alpha value is -1.05. The summed E-state index contributed by atoms with van der Waals surface area (Å²) in [6.45, 7) is 2.19. The van der Waals surface area contributed by atoms with Crippen LogP contribution >= 0.6 is 11.8 Å². The van der Waals surface area contributed by atoms with Crippen molar-refractivity contribution in [2.75, 3.05) is 6.61 Å². The van der Waals surface area contributed by atoms with Gasteiger partial charge >= 0.3 is 5.97 Å². The van der Waals surface area contributed by atoms with Crippen molar-refractivity contribution >= 4 is 23.6 Å². The summed E-state index contributed by atoms with van der Waals surface area (Å²) in [5, 5.41) is 18.6. The van der Waals surface area contributed by atoms with Gasteiger partial charge in [0.1, 0.15) is 11.1 Å². The minimum atomic E-state index is -1.10. The number of thioether (sulfide) groups is 1. The fourth-order valence-corrected chi connectivity index (χ4v) is 4.52. The van der Waals surface area contributed by atoms with E-state index in [4.69, 9.17) is 4.74 Å². The zero-order chi connectivity index (χ0) is 13.7. The van der Waals surface area contributed by atoms with Crippen LogP contribution in [-0.4, -0.2) is 51.2 Å². The number of amides is 1. The molecular formula is C12H15NO5S. The highest BCUT2D eigenvalue weighted by Gasteiger charge is 2.58. The first kappa shape index (κ1) is 13.0. The van der Waals surface area contributed by atoms with Crippen LogP contribution < -0.4 is 0 Å². The lowest BCUT2D eigenvalue weighted by Crippen LogP contribution is -2.60. The third-order valence-electron chi connectivity index (χ3n) is 3.75. The second-order valence-electron chi connectivity index (χ2n) is 5.00. The normalized spacial score (nSPS) is 35.4. The number of carboxylic acids is 1. The van der Waals surface area contributed by atoms with Crippen LogP contribution in [0.25, 0.3) is 0 Å². The van der Waals surface area contributed by atoms with Gasteiger partial charge in [-0.2, -0.15) is 0 Å². The standard InChI is InChI=1S/C12H15NO5S/c1-5(14)7-10(15)13-8(12(16)17)9(19-11(7)13)6-3-2-4-18-6/h5-7,11,14H,2-4H2,1H3,(H,16,17)/t5?,6?,7-,11-/m0/s1. The van der Waals surface area contributed by atoms with Gasteiger partial charge in [-0.25, -0.2) is 4.79 Å². The molecule has 7 heteroatoms. The number of fused-ring (bicyclic) bond motifs is 1. The van der Waals surface area contributed by atoms with Gasteiger partial charge in [0.15, 0.2) is 0 Å². The van der Waals surface area contributed by atoms with Crippen LogP contribution in [0.5, 0.6) is 0 Å². The second-order valence-corrected chi connectivity index (χ2v) is 6.16. The number of carboxylic acid groups (broad SMARTS) is 1. The minimum absolute atomic E-state index is 0.0452. The number of carbonyl (C=O) groups is 2. The monoisotopic (exact) mass is 285 g/mol. The number of hydrogen-bond acceptors (Lipinski definition) is 5. The molecule has 2 N–H and O–H groups in total. The number of rotatable bonds is 3. The Labute approximate surface area is 114 Å². The van der Waals surface area contributed by atoms with E-state index in [1.807, 2.05) is 0 Å². The number of ether oxygens (including phenoxy) is 1. The molecule has 0 aliphatic carbocycles. The van der Waals surface area contributed by atoms with Crippen LogP contribution in [0.4, 0.5) is 0 Å². The molecule has 2 fully saturated rings. The SMILES string of the molecule is CC(O)[C@H]1C(=O)N2C(C(=O)O)=C(C3CCCO3)S[C@@H]12. The summed E-state index contributed by atoms with van der Waals surface area (Å²) in [6.07, 6.45) is 0.706. The first-order chi connectivity index (χ1) is 9.02. The molecule has 0 aromatic carbocycles. The Balaban J connectivity index is 1.91. The predicted molar refractivity (Wildman–Crippen MR) is 67.0 cm³/mol. The molecule has 104 valence electrons. The number of β-lactam (4-membered cyclic amide) rings is 1. The van der Waals surface area contributed by atoms with E-state index in [0.29, 0.717) is 11.5 Å². The Morgan fingerprint density at radius 2 is 2.32 bits per heavy atom. The molecule has 0 radical (unpaired) electrons. The van der Waals surface area contributed by atoms with E-state index in [-0.39, 0.29) is 23.1 Å². The molecule has 3 aliphatic heterocycles. The predicted octanol–water partition coefficient (Wildman–Crippen LogP) is 0.374. The molecule has 2 unspecified atom stereocenters. The Morgan fingerprint density at radius 1 is 1.58 bits per heavy atom. The van der Waals surface area contributed by atoms with Gasteiger partial charge in [0.05, 0.1) is 18.1 Å². The Morgan fingerprint density at radius 3 is 2.84 bits per heavy atom. The number of aliphatic carboxylic acids is 1. The molecule has 4 atom stereocenters. The van der Waals surface area contributed by atoms with E-state index in [2.05, 4.69) is 0 Å². The maximum Gasteiger partial charge on any atom is 0.353 e. The van der Waals surface area contributed by atoms with Crippen molar-refractivity contribution < 1.29 is 24.5 Å². The number of nitrogens with zero attached hydrogens (tertiary/aromatic N) is 1. The van der Waals surface area contributed by atoms with Crippen LogP contribution in [0.2, 0.25) is 0 Å². The largest absolute Gasteiger partial charge is 0.477 e. The molecule has 0 saturated carbocycles. The summed E-state index contributed by atoms with van der Waals surface area (Å²) < 4.78 is 5.53. The summed E-state index contributed by atoms with van der Waals surface area (Å²) in [7, 11) is 0. The lowest BCUT2D eigenvalue weighted by Gasteiger charge is -2.43. The molecule has 6 nitrogen and oxygen atoms in total. The van der Waals surface area contributed by atoms with E-state index in [1.165, 1.54) is 16.7 Å². The van der Waals surface area contributed by atoms with Crippen molar-refractivity contribution in [3.63, 3.8) is 0 Å². The highest BCUT2D eigenvalue weighted by Crippen LogP contribution is 2.52. The van der Waals surface area contributed by atoms with Gasteiger partial charge in [-0.15, -0.1) is 0 Å². The third kappa shape index (κ3) is 1.79. The first-order valence-corrected chi connectivity index (χ1v) is 7.17. The first-order valence-electron chi connectivity index (χ1n) is 6.29. The Kier molecular flexibility index (Phi) is 3.07. The van der Waals surface area contributed by atoms with Gasteiger partial charge < -0.3 is 14.9 Å². The van der Waals surface area contributed by atoms with Crippen molar-refractivity contribution in [3.05, 3.63) is 10.6 Å². The van der Waals surface area contributed by atoms with Crippen LogP contribution in [-0.2, 0) is 14.3 Å². The molecule has 0 aromatic rings. The van der Waals surface area contributed by atoms with E-state index < -0.39 is 18.0 Å². The average Bonchev–Trinajstić information content (AvgIpc) is 2.92. The molecule has 1 amide bonds. The maximum absolute atomic E-state index is 12.0. The summed E-state index contributed by atoms with van der Waals surface area (Å²) in [4.78, 5) is 25.3. The van der Waals surface area contributed by atoms with Gasteiger partial charge in [0.2, 0.25) is 5.91 Å². The maximum atomic E-state index is 12.0. The van der Waals surface area contributed by atoms with Gasteiger partial charge in [0.25, 0.3) is 0 Å². The molecule has 3 aliphatic rings. The molecule has 3 heterocycles. The lowest BCUT2D eigenvalue weighted by atomic mass is 9.92. The number of aliphatic hydroxyl groups excluding tert-OH is 1. The highest BCUT2D eigenvalue weighted by atomic mass is 32.2. The van der Waals surface area contributed by atoms with E-state index in [9.17, 15) is 19.8 Å². The molecular weight excluding hydrogens is 270 g/mol. The average molecular weight is 285 g/mol.